The summed E-state index contributed by atoms with van der Waals surface area (Å²) in [5.41, 5.74) is 1.47. The monoisotopic (exact) mass is 228 g/mol. The van der Waals surface area contributed by atoms with Gasteiger partial charge in [-0.05, 0) is 28.7 Å². The molecule has 0 nitrogen and oxygen atoms in total. The second-order valence-electron chi connectivity index (χ2n) is 4.78. The Kier molecular flexibility index (Phi) is 5.21. The molecule has 1 unspecified atom stereocenters. The highest BCUT2D eigenvalue weighted by Gasteiger charge is 2.03. The predicted octanol–water partition coefficient (Wildman–Crippen LogP) is 5.45. The van der Waals surface area contributed by atoms with Crippen LogP contribution >= 0.6 is 0 Å². The minimum atomic E-state index is 0. The molecule has 0 spiro atoms. The molecule has 0 aromatic heterocycles. The third-order valence-electron chi connectivity index (χ3n) is 3.18. The molecule has 0 amide bonds. The summed E-state index contributed by atoms with van der Waals surface area (Å²) in [7, 11) is 0. The van der Waals surface area contributed by atoms with Crippen LogP contribution in [0.3, 0.4) is 0 Å². The summed E-state index contributed by atoms with van der Waals surface area (Å²) in [6.45, 7) is 4.61. The average Bonchev–Trinajstić information content (AvgIpc) is 2.29. The number of fused-ring (bicyclic) bond motifs is 1. The van der Waals surface area contributed by atoms with E-state index in [1.807, 2.05) is 0 Å². The van der Waals surface area contributed by atoms with E-state index in [0.717, 1.165) is 5.92 Å². The maximum absolute atomic E-state index is 2.35. The van der Waals surface area contributed by atoms with E-state index < -0.39 is 0 Å². The largest absolute Gasteiger partial charge is 0.0776 e. The molecule has 0 heterocycles. The van der Waals surface area contributed by atoms with Crippen molar-refractivity contribution in [3.63, 3.8) is 0 Å². The van der Waals surface area contributed by atoms with E-state index >= 15 is 0 Å². The first-order valence-corrected chi connectivity index (χ1v) is 6.27. The van der Waals surface area contributed by atoms with Gasteiger partial charge in [-0.25, -0.2) is 0 Å². The molecule has 0 radical (unpaired) electrons. The van der Waals surface area contributed by atoms with Gasteiger partial charge in [-0.15, -0.1) is 0 Å². The van der Waals surface area contributed by atoms with Crippen molar-refractivity contribution in [2.75, 3.05) is 0 Å². The van der Waals surface area contributed by atoms with Crippen molar-refractivity contribution in [2.45, 2.75) is 40.5 Å². The van der Waals surface area contributed by atoms with Gasteiger partial charge in [0.05, 0.1) is 0 Å². The Morgan fingerprint density at radius 1 is 1.00 bits per heavy atom. The van der Waals surface area contributed by atoms with Crippen LogP contribution in [0.15, 0.2) is 42.5 Å². The van der Waals surface area contributed by atoms with Gasteiger partial charge < -0.3 is 0 Å². The van der Waals surface area contributed by atoms with Gasteiger partial charge in [-0.1, -0.05) is 76.6 Å². The Balaban J connectivity index is 0.00000144. The molecule has 1 atom stereocenters. The molecule has 0 heteroatoms. The third kappa shape index (κ3) is 3.59. The van der Waals surface area contributed by atoms with Gasteiger partial charge in [0.25, 0.3) is 0 Å². The maximum atomic E-state index is 2.35. The first-order chi connectivity index (χ1) is 7.79. The zero-order valence-corrected chi connectivity index (χ0v) is 10.2. The minimum absolute atomic E-state index is 0. The molecule has 0 bridgehead atoms. The zero-order valence-electron chi connectivity index (χ0n) is 10.2. The summed E-state index contributed by atoms with van der Waals surface area (Å²) >= 11 is 0. The highest BCUT2D eigenvalue weighted by molar-refractivity contribution is 5.82. The van der Waals surface area contributed by atoms with Gasteiger partial charge in [0.2, 0.25) is 0 Å². The van der Waals surface area contributed by atoms with Crippen LogP contribution in [-0.2, 0) is 6.42 Å². The van der Waals surface area contributed by atoms with Crippen LogP contribution in [0.4, 0.5) is 0 Å². The molecule has 0 N–H and O–H groups in total. The topological polar surface area (TPSA) is 0 Å². The van der Waals surface area contributed by atoms with E-state index in [9.17, 15) is 0 Å². The van der Waals surface area contributed by atoms with E-state index in [1.54, 1.807) is 0 Å². The van der Waals surface area contributed by atoms with Crippen LogP contribution in [0.25, 0.3) is 10.8 Å². The molecule has 0 aliphatic heterocycles. The zero-order chi connectivity index (χ0) is 11.4. The fourth-order valence-corrected chi connectivity index (χ4v) is 2.36. The van der Waals surface area contributed by atoms with Gasteiger partial charge in [-0.2, -0.15) is 0 Å². The minimum Gasteiger partial charge on any atom is -0.0776 e. The first-order valence-electron chi connectivity index (χ1n) is 6.27. The quantitative estimate of drug-likeness (QED) is 0.652. The molecule has 2 rings (SSSR count). The normalized spacial score (nSPS) is 12.1. The molecular formula is C17H24. The molecule has 0 aliphatic carbocycles. The average molecular weight is 228 g/mol. The number of rotatable bonds is 4. The van der Waals surface area contributed by atoms with E-state index in [4.69, 9.17) is 0 Å². The van der Waals surface area contributed by atoms with E-state index in [2.05, 4.69) is 56.3 Å². The smallest absolute Gasteiger partial charge is 0.0181 e. The Morgan fingerprint density at radius 3 is 2.41 bits per heavy atom. The highest BCUT2D eigenvalue weighted by atomic mass is 14.1. The molecule has 0 saturated carbocycles. The summed E-state index contributed by atoms with van der Waals surface area (Å²) in [6, 6.07) is 15.4. The van der Waals surface area contributed by atoms with Gasteiger partial charge >= 0.3 is 0 Å². The lowest BCUT2D eigenvalue weighted by atomic mass is 9.95. The SMILES string of the molecule is C.CCCC(C)Cc1ccc2ccccc2c1. The lowest BCUT2D eigenvalue weighted by molar-refractivity contribution is 0.523. The number of hydrogen-bond donors (Lipinski definition) is 0. The summed E-state index contributed by atoms with van der Waals surface area (Å²) < 4.78 is 0. The van der Waals surface area contributed by atoms with Crippen LogP contribution in [0, 0.1) is 5.92 Å². The van der Waals surface area contributed by atoms with Crippen molar-refractivity contribution in [2.24, 2.45) is 5.92 Å². The van der Waals surface area contributed by atoms with E-state index in [-0.39, 0.29) is 7.43 Å². The molecule has 2 aromatic carbocycles. The molecule has 0 saturated heterocycles. The molecular weight excluding hydrogens is 204 g/mol. The molecule has 0 aliphatic rings. The van der Waals surface area contributed by atoms with Gasteiger partial charge in [0.1, 0.15) is 0 Å². The van der Waals surface area contributed by atoms with Crippen molar-refractivity contribution in [1.82, 2.24) is 0 Å². The lowest BCUT2D eigenvalue weighted by Gasteiger charge is -2.10. The highest BCUT2D eigenvalue weighted by Crippen LogP contribution is 2.19. The van der Waals surface area contributed by atoms with Crippen molar-refractivity contribution in [3.8, 4) is 0 Å². The fraction of sp³-hybridized carbons (Fsp3) is 0.412. The number of hydrogen-bond acceptors (Lipinski definition) is 0. The van der Waals surface area contributed by atoms with Crippen LogP contribution in [0.2, 0.25) is 0 Å². The molecule has 0 fully saturated rings. The third-order valence-corrected chi connectivity index (χ3v) is 3.18. The summed E-state index contributed by atoms with van der Waals surface area (Å²) in [4.78, 5) is 0. The van der Waals surface area contributed by atoms with Crippen LogP contribution in [-0.4, -0.2) is 0 Å². The predicted molar refractivity (Wildman–Crippen MR) is 78.5 cm³/mol. The van der Waals surface area contributed by atoms with Gasteiger partial charge in [-0.3, -0.25) is 0 Å². The van der Waals surface area contributed by atoms with Gasteiger partial charge in [0, 0.05) is 0 Å². The second-order valence-corrected chi connectivity index (χ2v) is 4.78. The van der Waals surface area contributed by atoms with E-state index in [1.165, 1.54) is 35.6 Å². The van der Waals surface area contributed by atoms with Crippen molar-refractivity contribution in [1.29, 1.82) is 0 Å². The number of benzene rings is 2. The summed E-state index contributed by atoms with van der Waals surface area (Å²) in [5.74, 6) is 0.797. The summed E-state index contributed by atoms with van der Waals surface area (Å²) in [5, 5.41) is 2.71. The molecule has 17 heavy (non-hydrogen) atoms. The summed E-state index contributed by atoms with van der Waals surface area (Å²) in [6.07, 6.45) is 3.82. The Hall–Kier alpha value is -1.30. The Labute approximate surface area is 106 Å². The van der Waals surface area contributed by atoms with E-state index in [0.29, 0.717) is 0 Å². The second kappa shape index (κ2) is 6.44. The standard InChI is InChI=1S/C16H20.CH4/c1-3-6-13(2)11-14-9-10-15-7-4-5-8-16(15)12-14;/h4-5,7-10,12-13H,3,6,11H2,1-2H3;1H4. The van der Waals surface area contributed by atoms with Crippen molar-refractivity contribution in [3.05, 3.63) is 48.0 Å². The van der Waals surface area contributed by atoms with Crippen LogP contribution in [0.5, 0.6) is 0 Å². The van der Waals surface area contributed by atoms with Gasteiger partial charge in [0.15, 0.2) is 0 Å². The molecule has 92 valence electrons. The van der Waals surface area contributed by atoms with Crippen LogP contribution in [0.1, 0.15) is 39.7 Å². The van der Waals surface area contributed by atoms with Crippen molar-refractivity contribution >= 4 is 10.8 Å². The maximum Gasteiger partial charge on any atom is -0.0181 e. The van der Waals surface area contributed by atoms with Crippen LogP contribution < -0.4 is 0 Å². The Bertz CT molecular complexity index is 456. The lowest BCUT2D eigenvalue weighted by Crippen LogP contribution is -1.98. The Morgan fingerprint density at radius 2 is 1.71 bits per heavy atom. The first kappa shape index (κ1) is 13.8. The fourth-order valence-electron chi connectivity index (χ4n) is 2.36. The molecule has 2 aromatic rings. The van der Waals surface area contributed by atoms with Crippen molar-refractivity contribution < 1.29 is 0 Å².